The fourth-order valence-electron chi connectivity index (χ4n) is 3.42. The second-order valence-electron chi connectivity index (χ2n) is 5.68. The zero-order valence-corrected chi connectivity index (χ0v) is 11.5. The molecule has 2 rings (SSSR count). The van der Waals surface area contributed by atoms with Gasteiger partial charge in [0.25, 0.3) is 0 Å². The van der Waals surface area contributed by atoms with E-state index in [1.54, 1.807) is 7.05 Å². The summed E-state index contributed by atoms with van der Waals surface area (Å²) in [5.74, 6) is 0.613. The van der Waals surface area contributed by atoms with Crippen molar-refractivity contribution in [2.45, 2.75) is 32.1 Å². The Bertz CT molecular complexity index is 420. The molecule has 2 fully saturated rings. The highest BCUT2D eigenvalue weighted by atomic mass is 32.2. The van der Waals surface area contributed by atoms with Crippen molar-refractivity contribution in [3.05, 3.63) is 0 Å². The zero-order chi connectivity index (χ0) is 13.3. The monoisotopic (exact) mass is 275 g/mol. The van der Waals surface area contributed by atoms with Crippen LogP contribution in [-0.4, -0.2) is 43.1 Å². The fraction of sp³-hybridized carbons (Fsp3) is 0.917. The molecule has 5 nitrogen and oxygen atoms in total. The Morgan fingerprint density at radius 2 is 2.06 bits per heavy atom. The van der Waals surface area contributed by atoms with Crippen molar-refractivity contribution in [1.29, 1.82) is 0 Å². The van der Waals surface area contributed by atoms with E-state index < -0.39 is 16.0 Å². The smallest absolute Gasteiger partial charge is 0.304 e. The second kappa shape index (κ2) is 5.17. The third-order valence-electron chi connectivity index (χ3n) is 4.42. The molecule has 2 aliphatic carbocycles. The van der Waals surface area contributed by atoms with E-state index in [4.69, 9.17) is 5.11 Å². The van der Waals surface area contributed by atoms with Crippen LogP contribution in [0.4, 0.5) is 0 Å². The van der Waals surface area contributed by atoms with Crippen LogP contribution in [0, 0.1) is 17.8 Å². The molecule has 0 aromatic rings. The maximum absolute atomic E-state index is 11.9. The number of carbonyl (C=O) groups is 1. The molecule has 0 radical (unpaired) electrons. The minimum Gasteiger partial charge on any atom is -0.481 e. The number of aliphatic carboxylic acids is 1. The van der Waals surface area contributed by atoms with E-state index in [1.165, 1.54) is 23.6 Å². The number of fused-ring (bicyclic) bond motifs is 2. The predicted molar refractivity (Wildman–Crippen MR) is 67.6 cm³/mol. The van der Waals surface area contributed by atoms with E-state index in [9.17, 15) is 13.2 Å². The molecule has 0 spiro atoms. The van der Waals surface area contributed by atoms with Gasteiger partial charge in [-0.1, -0.05) is 6.42 Å². The first kappa shape index (κ1) is 13.8. The third-order valence-corrected chi connectivity index (χ3v) is 6.24. The molecule has 3 unspecified atom stereocenters. The molecular formula is C12H21NO4S. The minimum atomic E-state index is -3.41. The van der Waals surface area contributed by atoms with Crippen LogP contribution in [0.5, 0.6) is 0 Å². The van der Waals surface area contributed by atoms with Gasteiger partial charge in [0.05, 0.1) is 12.2 Å². The number of nitrogens with zero attached hydrogens (tertiary/aromatic N) is 1. The lowest BCUT2D eigenvalue weighted by Gasteiger charge is -2.26. The Balaban J connectivity index is 1.87. The van der Waals surface area contributed by atoms with E-state index in [1.807, 2.05) is 0 Å². The summed E-state index contributed by atoms with van der Waals surface area (Å²) in [5.41, 5.74) is 0. The topological polar surface area (TPSA) is 74.7 Å². The van der Waals surface area contributed by atoms with Crippen LogP contribution in [0.15, 0.2) is 0 Å². The average molecular weight is 275 g/mol. The van der Waals surface area contributed by atoms with Crippen LogP contribution in [0.2, 0.25) is 0 Å². The van der Waals surface area contributed by atoms with Gasteiger partial charge in [-0.25, -0.2) is 12.7 Å². The van der Waals surface area contributed by atoms with E-state index in [-0.39, 0.29) is 12.2 Å². The molecule has 0 aliphatic heterocycles. The van der Waals surface area contributed by atoms with Gasteiger partial charge >= 0.3 is 5.97 Å². The van der Waals surface area contributed by atoms with Crippen molar-refractivity contribution in [2.24, 2.45) is 17.8 Å². The molecule has 0 aromatic carbocycles. The van der Waals surface area contributed by atoms with Gasteiger partial charge < -0.3 is 5.11 Å². The molecule has 0 saturated heterocycles. The Morgan fingerprint density at radius 3 is 2.56 bits per heavy atom. The summed E-state index contributed by atoms with van der Waals surface area (Å²) in [7, 11) is -1.83. The first-order chi connectivity index (χ1) is 8.38. The van der Waals surface area contributed by atoms with Gasteiger partial charge in [-0.05, 0) is 37.0 Å². The van der Waals surface area contributed by atoms with Crippen LogP contribution in [0.25, 0.3) is 0 Å². The highest BCUT2D eigenvalue weighted by molar-refractivity contribution is 7.89. The highest BCUT2D eigenvalue weighted by Crippen LogP contribution is 2.48. The van der Waals surface area contributed by atoms with Gasteiger partial charge in [0, 0.05) is 13.6 Å². The number of hydrogen-bond acceptors (Lipinski definition) is 3. The lowest BCUT2D eigenvalue weighted by Crippen LogP contribution is -2.35. The number of rotatable bonds is 6. The molecule has 104 valence electrons. The largest absolute Gasteiger partial charge is 0.481 e. The average Bonchev–Trinajstić information content (AvgIpc) is 2.88. The number of carboxylic acids is 1. The number of carboxylic acid groups (broad SMARTS) is 1. The lowest BCUT2D eigenvalue weighted by atomic mass is 9.89. The standard InChI is InChI=1S/C12H21NO4S/c1-13(18(16,17)5-4-12(14)15)8-11-7-9-2-3-10(11)6-9/h9-11H,2-8H2,1H3,(H,14,15). The van der Waals surface area contributed by atoms with Gasteiger partial charge in [-0.2, -0.15) is 0 Å². The van der Waals surface area contributed by atoms with Gasteiger partial charge in [0.15, 0.2) is 0 Å². The van der Waals surface area contributed by atoms with Crippen molar-refractivity contribution in [3.8, 4) is 0 Å². The normalized spacial score (nSPS) is 31.1. The first-order valence-corrected chi connectivity index (χ1v) is 8.15. The summed E-state index contributed by atoms with van der Waals surface area (Å²) >= 11 is 0. The van der Waals surface area contributed by atoms with Crippen LogP contribution >= 0.6 is 0 Å². The van der Waals surface area contributed by atoms with Crippen LogP contribution in [-0.2, 0) is 14.8 Å². The summed E-state index contributed by atoms with van der Waals surface area (Å²) in [6.45, 7) is 0.559. The summed E-state index contributed by atoms with van der Waals surface area (Å²) in [6.07, 6.45) is 4.62. The van der Waals surface area contributed by atoms with Gasteiger partial charge in [0.2, 0.25) is 10.0 Å². The molecule has 6 heteroatoms. The third kappa shape index (κ3) is 3.03. The summed E-state index contributed by atoms with van der Waals surface area (Å²) in [4.78, 5) is 10.4. The maximum Gasteiger partial charge on any atom is 0.304 e. The SMILES string of the molecule is CN(CC1CC2CCC1C2)S(=O)(=O)CCC(=O)O. The van der Waals surface area contributed by atoms with E-state index in [0.29, 0.717) is 18.4 Å². The number of hydrogen-bond donors (Lipinski definition) is 1. The van der Waals surface area contributed by atoms with Crippen LogP contribution < -0.4 is 0 Å². The Kier molecular flexibility index (Phi) is 3.96. The first-order valence-electron chi connectivity index (χ1n) is 6.54. The van der Waals surface area contributed by atoms with Gasteiger partial charge in [0.1, 0.15) is 0 Å². The predicted octanol–water partition coefficient (Wildman–Crippen LogP) is 1.16. The van der Waals surface area contributed by atoms with Crippen molar-refractivity contribution in [3.63, 3.8) is 0 Å². The highest BCUT2D eigenvalue weighted by Gasteiger charge is 2.40. The van der Waals surface area contributed by atoms with Crippen molar-refractivity contribution >= 4 is 16.0 Å². The quantitative estimate of drug-likeness (QED) is 0.789. The molecule has 0 heterocycles. The molecular weight excluding hydrogens is 254 g/mol. The molecule has 3 atom stereocenters. The van der Waals surface area contributed by atoms with E-state index in [2.05, 4.69) is 0 Å². The summed E-state index contributed by atoms with van der Waals surface area (Å²) in [6, 6.07) is 0. The summed E-state index contributed by atoms with van der Waals surface area (Å²) in [5, 5.41) is 8.55. The maximum atomic E-state index is 11.9. The molecule has 18 heavy (non-hydrogen) atoms. The Hall–Kier alpha value is -0.620. The lowest BCUT2D eigenvalue weighted by molar-refractivity contribution is -0.136. The molecule has 2 aliphatic rings. The summed E-state index contributed by atoms with van der Waals surface area (Å²) < 4.78 is 25.1. The van der Waals surface area contributed by atoms with Crippen LogP contribution in [0.3, 0.4) is 0 Å². The molecule has 2 saturated carbocycles. The van der Waals surface area contributed by atoms with E-state index in [0.717, 1.165) is 12.3 Å². The molecule has 0 aromatic heterocycles. The zero-order valence-electron chi connectivity index (χ0n) is 10.7. The van der Waals surface area contributed by atoms with Crippen molar-refractivity contribution < 1.29 is 18.3 Å². The molecule has 0 amide bonds. The van der Waals surface area contributed by atoms with Crippen molar-refractivity contribution in [2.75, 3.05) is 19.3 Å². The van der Waals surface area contributed by atoms with Gasteiger partial charge in [-0.3, -0.25) is 4.79 Å². The fourth-order valence-corrected chi connectivity index (χ4v) is 4.58. The number of sulfonamides is 1. The van der Waals surface area contributed by atoms with Crippen LogP contribution in [0.1, 0.15) is 32.1 Å². The Labute approximate surface area is 108 Å². The second-order valence-corrected chi connectivity index (χ2v) is 7.87. The van der Waals surface area contributed by atoms with E-state index >= 15 is 0 Å². The molecule has 2 bridgehead atoms. The molecule has 1 N–H and O–H groups in total. The van der Waals surface area contributed by atoms with Gasteiger partial charge in [-0.15, -0.1) is 0 Å². The van der Waals surface area contributed by atoms with Crippen molar-refractivity contribution in [1.82, 2.24) is 4.31 Å². The minimum absolute atomic E-state index is 0.292. The Morgan fingerprint density at radius 1 is 1.33 bits per heavy atom.